The molecule has 0 bridgehead atoms. The summed E-state index contributed by atoms with van der Waals surface area (Å²) >= 11 is 0. The van der Waals surface area contributed by atoms with Gasteiger partial charge in [-0.2, -0.15) is 0 Å². The molecule has 1 atom stereocenters. The van der Waals surface area contributed by atoms with Crippen LogP contribution in [0.15, 0.2) is 58.3 Å². The normalized spacial score (nSPS) is 15.6. The van der Waals surface area contributed by atoms with Crippen molar-refractivity contribution in [2.24, 2.45) is 0 Å². The standard InChI is InChI=1S/C23H26N2O7/c1-3-29-22(27)20-17(24-23(28)25-21(20)18-9-5-12-31-18)14-32-19(26)10-6-11-30-16-8-4-7-15(2)13-16/h4-5,7-9,12-13,21H,3,6,10-11,14H2,1-2H3,(H2,24,25,28). The first-order valence-corrected chi connectivity index (χ1v) is 10.3. The molecule has 1 aromatic carbocycles. The SMILES string of the molecule is CCOC(=O)C1=C(COC(=O)CCCOc2cccc(C)c2)NC(=O)NC1c1ccco1. The molecule has 2 amide bonds. The van der Waals surface area contributed by atoms with E-state index in [0.717, 1.165) is 11.3 Å². The van der Waals surface area contributed by atoms with E-state index in [1.165, 1.54) is 6.26 Å². The molecular weight excluding hydrogens is 416 g/mol. The van der Waals surface area contributed by atoms with Crippen LogP contribution >= 0.6 is 0 Å². The van der Waals surface area contributed by atoms with Crippen molar-refractivity contribution in [2.45, 2.75) is 32.7 Å². The first-order chi connectivity index (χ1) is 15.5. The van der Waals surface area contributed by atoms with E-state index < -0.39 is 24.0 Å². The zero-order chi connectivity index (χ0) is 22.9. The molecule has 0 fully saturated rings. The number of urea groups is 1. The Labute approximate surface area is 185 Å². The molecule has 0 aliphatic carbocycles. The molecule has 32 heavy (non-hydrogen) atoms. The minimum Gasteiger partial charge on any atom is -0.494 e. The van der Waals surface area contributed by atoms with Crippen LogP contribution in [0.5, 0.6) is 5.75 Å². The lowest BCUT2D eigenvalue weighted by Gasteiger charge is -2.27. The summed E-state index contributed by atoms with van der Waals surface area (Å²) in [6.07, 6.45) is 2.02. The zero-order valence-corrected chi connectivity index (χ0v) is 18.0. The molecule has 1 aromatic heterocycles. The van der Waals surface area contributed by atoms with Crippen molar-refractivity contribution >= 4 is 18.0 Å². The van der Waals surface area contributed by atoms with Crippen LogP contribution in [-0.4, -0.2) is 37.8 Å². The van der Waals surface area contributed by atoms with Gasteiger partial charge >= 0.3 is 18.0 Å². The number of amides is 2. The number of hydrogen-bond acceptors (Lipinski definition) is 7. The van der Waals surface area contributed by atoms with Gasteiger partial charge in [-0.05, 0) is 50.1 Å². The van der Waals surface area contributed by atoms with E-state index in [9.17, 15) is 14.4 Å². The largest absolute Gasteiger partial charge is 0.494 e. The Hall–Kier alpha value is -3.75. The number of rotatable bonds is 10. The van der Waals surface area contributed by atoms with E-state index in [0.29, 0.717) is 18.8 Å². The first kappa shape index (κ1) is 22.9. The summed E-state index contributed by atoms with van der Waals surface area (Å²) < 4.78 is 21.4. The molecule has 0 saturated heterocycles. The second kappa shape index (κ2) is 11.0. The van der Waals surface area contributed by atoms with Crippen molar-refractivity contribution in [2.75, 3.05) is 19.8 Å². The first-order valence-electron chi connectivity index (χ1n) is 10.3. The minimum absolute atomic E-state index is 0.122. The van der Waals surface area contributed by atoms with Crippen molar-refractivity contribution in [3.63, 3.8) is 0 Å². The summed E-state index contributed by atoms with van der Waals surface area (Å²) in [6, 6.07) is 9.52. The van der Waals surface area contributed by atoms with Gasteiger partial charge in [0.2, 0.25) is 0 Å². The fourth-order valence-corrected chi connectivity index (χ4v) is 3.19. The van der Waals surface area contributed by atoms with E-state index >= 15 is 0 Å². The number of aryl methyl sites for hydroxylation is 1. The predicted molar refractivity (Wildman–Crippen MR) is 114 cm³/mol. The minimum atomic E-state index is -0.853. The Kier molecular flexibility index (Phi) is 7.91. The smallest absolute Gasteiger partial charge is 0.338 e. The van der Waals surface area contributed by atoms with Gasteiger partial charge in [0.25, 0.3) is 0 Å². The summed E-state index contributed by atoms with van der Waals surface area (Å²) in [4.78, 5) is 36.9. The van der Waals surface area contributed by atoms with E-state index in [1.807, 2.05) is 31.2 Å². The lowest BCUT2D eigenvalue weighted by Crippen LogP contribution is -2.47. The summed E-state index contributed by atoms with van der Waals surface area (Å²) in [5.41, 5.74) is 1.36. The van der Waals surface area contributed by atoms with Gasteiger partial charge in [0, 0.05) is 6.42 Å². The topological polar surface area (TPSA) is 116 Å². The van der Waals surface area contributed by atoms with Gasteiger partial charge in [-0.15, -0.1) is 0 Å². The van der Waals surface area contributed by atoms with Crippen molar-refractivity contribution in [3.05, 3.63) is 65.3 Å². The van der Waals surface area contributed by atoms with Crippen molar-refractivity contribution in [3.8, 4) is 5.75 Å². The molecule has 0 saturated carbocycles. The maximum absolute atomic E-state index is 12.6. The maximum Gasteiger partial charge on any atom is 0.338 e. The highest BCUT2D eigenvalue weighted by molar-refractivity contribution is 5.95. The zero-order valence-electron chi connectivity index (χ0n) is 18.0. The molecular formula is C23H26N2O7. The number of ether oxygens (including phenoxy) is 3. The van der Waals surface area contributed by atoms with Crippen LogP contribution in [0.2, 0.25) is 0 Å². The summed E-state index contributed by atoms with van der Waals surface area (Å²) in [7, 11) is 0. The number of nitrogens with one attached hydrogen (secondary N) is 2. The van der Waals surface area contributed by atoms with Crippen LogP contribution in [-0.2, 0) is 19.1 Å². The molecule has 1 unspecified atom stereocenters. The van der Waals surface area contributed by atoms with Crippen LogP contribution < -0.4 is 15.4 Å². The Morgan fingerprint density at radius 2 is 2.00 bits per heavy atom. The Balaban J connectivity index is 1.59. The van der Waals surface area contributed by atoms with E-state index in [1.54, 1.807) is 19.1 Å². The second-order valence-corrected chi connectivity index (χ2v) is 7.09. The average molecular weight is 442 g/mol. The molecule has 0 spiro atoms. The van der Waals surface area contributed by atoms with Crippen LogP contribution in [0.3, 0.4) is 0 Å². The lowest BCUT2D eigenvalue weighted by atomic mass is 10.0. The Bertz CT molecular complexity index is 982. The van der Waals surface area contributed by atoms with Crippen LogP contribution in [0.1, 0.15) is 37.1 Å². The molecule has 9 nitrogen and oxygen atoms in total. The van der Waals surface area contributed by atoms with Crippen LogP contribution in [0.25, 0.3) is 0 Å². The quantitative estimate of drug-likeness (QED) is 0.429. The van der Waals surface area contributed by atoms with Gasteiger partial charge in [0.05, 0.1) is 30.7 Å². The highest BCUT2D eigenvalue weighted by Gasteiger charge is 2.35. The van der Waals surface area contributed by atoms with Crippen molar-refractivity contribution < 1.29 is 33.0 Å². The number of furan rings is 1. The summed E-state index contributed by atoms with van der Waals surface area (Å²) in [5.74, 6) is -0.0149. The lowest BCUT2D eigenvalue weighted by molar-refractivity contribution is -0.144. The van der Waals surface area contributed by atoms with Crippen LogP contribution in [0, 0.1) is 6.92 Å². The van der Waals surface area contributed by atoms with Crippen molar-refractivity contribution in [1.29, 1.82) is 0 Å². The monoisotopic (exact) mass is 442 g/mol. The second-order valence-electron chi connectivity index (χ2n) is 7.09. The molecule has 2 N–H and O–H groups in total. The van der Waals surface area contributed by atoms with Gasteiger partial charge in [-0.1, -0.05) is 12.1 Å². The molecule has 170 valence electrons. The molecule has 9 heteroatoms. The third kappa shape index (κ3) is 6.13. The fraction of sp³-hybridized carbons (Fsp3) is 0.348. The van der Waals surface area contributed by atoms with E-state index in [-0.39, 0.29) is 30.9 Å². The molecule has 2 aromatic rings. The van der Waals surface area contributed by atoms with E-state index in [2.05, 4.69) is 10.6 Å². The van der Waals surface area contributed by atoms with Gasteiger partial charge in [-0.3, -0.25) is 4.79 Å². The van der Waals surface area contributed by atoms with Gasteiger partial charge in [-0.25, -0.2) is 9.59 Å². The molecule has 1 aliphatic heterocycles. The molecule has 2 heterocycles. The predicted octanol–water partition coefficient (Wildman–Crippen LogP) is 3.16. The molecule has 0 radical (unpaired) electrons. The highest BCUT2D eigenvalue weighted by Crippen LogP contribution is 2.28. The van der Waals surface area contributed by atoms with Gasteiger partial charge in [0.1, 0.15) is 24.2 Å². The third-order valence-electron chi connectivity index (χ3n) is 4.64. The number of benzene rings is 1. The summed E-state index contributed by atoms with van der Waals surface area (Å²) in [5, 5.41) is 5.16. The Morgan fingerprint density at radius 1 is 1.16 bits per heavy atom. The molecule has 3 rings (SSSR count). The number of esters is 2. The highest BCUT2D eigenvalue weighted by atomic mass is 16.5. The number of hydrogen-bond donors (Lipinski definition) is 2. The van der Waals surface area contributed by atoms with Crippen LogP contribution in [0.4, 0.5) is 4.79 Å². The average Bonchev–Trinajstić information content (AvgIpc) is 3.30. The van der Waals surface area contributed by atoms with E-state index in [4.69, 9.17) is 18.6 Å². The third-order valence-corrected chi connectivity index (χ3v) is 4.64. The van der Waals surface area contributed by atoms with Gasteiger partial charge < -0.3 is 29.3 Å². The maximum atomic E-state index is 12.6. The summed E-state index contributed by atoms with van der Waals surface area (Å²) in [6.45, 7) is 3.87. The number of carbonyl (C=O) groups is 3. The van der Waals surface area contributed by atoms with Crippen molar-refractivity contribution in [1.82, 2.24) is 10.6 Å². The van der Waals surface area contributed by atoms with Gasteiger partial charge in [0.15, 0.2) is 0 Å². The number of carbonyl (C=O) groups excluding carboxylic acids is 3. The fourth-order valence-electron chi connectivity index (χ4n) is 3.19. The Morgan fingerprint density at radius 3 is 2.72 bits per heavy atom. The molecule has 1 aliphatic rings.